The molecule has 0 spiro atoms. The van der Waals surface area contributed by atoms with Crippen LogP contribution < -0.4 is 5.32 Å². The van der Waals surface area contributed by atoms with Crippen molar-refractivity contribution in [2.75, 3.05) is 5.32 Å². The summed E-state index contributed by atoms with van der Waals surface area (Å²) < 4.78 is 13.0. The van der Waals surface area contributed by atoms with Crippen molar-refractivity contribution in [1.82, 2.24) is 0 Å². The number of halogens is 1. The lowest BCUT2D eigenvalue weighted by Gasteiger charge is -2.06. The maximum atomic E-state index is 13.0. The van der Waals surface area contributed by atoms with Crippen LogP contribution in [0.3, 0.4) is 0 Å². The molecule has 0 aliphatic rings. The van der Waals surface area contributed by atoms with Crippen molar-refractivity contribution in [1.29, 1.82) is 0 Å². The van der Waals surface area contributed by atoms with E-state index < -0.39 is 17.5 Å². The number of rotatable bonds is 2. The molecule has 3 nitrogen and oxygen atoms in total. The molecule has 0 saturated heterocycles. The molecule has 0 aliphatic heterocycles. The summed E-state index contributed by atoms with van der Waals surface area (Å²) >= 11 is 0. The van der Waals surface area contributed by atoms with Crippen LogP contribution in [0.2, 0.25) is 0 Å². The Kier molecular flexibility index (Phi) is 3.05. The molecular weight excluding hydrogens is 221 g/mol. The second-order valence-electron chi connectivity index (χ2n) is 3.46. The Morgan fingerprint density at radius 2 is 1.76 bits per heavy atom. The number of para-hydroxylation sites is 2. The maximum Gasteiger partial charge on any atom is 0.259 e. The highest BCUT2D eigenvalue weighted by Crippen LogP contribution is 2.21. The third-order valence-electron chi connectivity index (χ3n) is 2.26. The van der Waals surface area contributed by atoms with Crippen molar-refractivity contribution >= 4 is 11.6 Å². The van der Waals surface area contributed by atoms with Crippen LogP contribution in [0.1, 0.15) is 10.4 Å². The average molecular weight is 231 g/mol. The van der Waals surface area contributed by atoms with Gasteiger partial charge in [0, 0.05) is 5.69 Å². The quantitative estimate of drug-likeness (QED) is 0.834. The lowest BCUT2D eigenvalue weighted by molar-refractivity contribution is 0.102. The molecule has 0 unspecified atom stereocenters. The normalized spacial score (nSPS) is 9.94. The second kappa shape index (κ2) is 4.65. The van der Waals surface area contributed by atoms with Crippen LogP contribution in [-0.4, -0.2) is 11.0 Å². The summed E-state index contributed by atoms with van der Waals surface area (Å²) in [5, 5.41) is 12.0. The van der Waals surface area contributed by atoms with Crippen LogP contribution in [0.4, 0.5) is 10.1 Å². The van der Waals surface area contributed by atoms with E-state index in [-0.39, 0.29) is 5.56 Å². The number of anilines is 1. The van der Waals surface area contributed by atoms with Crippen molar-refractivity contribution < 1.29 is 14.3 Å². The molecule has 0 atom stereocenters. The third-order valence-corrected chi connectivity index (χ3v) is 2.26. The summed E-state index contributed by atoms with van der Waals surface area (Å²) in [6, 6.07) is 12.6. The minimum Gasteiger partial charge on any atom is -0.504 e. The van der Waals surface area contributed by atoms with Gasteiger partial charge in [-0.15, -0.1) is 0 Å². The van der Waals surface area contributed by atoms with Gasteiger partial charge in [0.1, 0.15) is 0 Å². The van der Waals surface area contributed by atoms with Gasteiger partial charge in [-0.05, 0) is 24.3 Å². The first kappa shape index (κ1) is 11.1. The molecule has 0 fully saturated rings. The number of amides is 1. The second-order valence-corrected chi connectivity index (χ2v) is 3.46. The van der Waals surface area contributed by atoms with E-state index >= 15 is 0 Å². The number of benzene rings is 2. The molecule has 2 rings (SSSR count). The Bertz CT molecular complexity index is 540. The van der Waals surface area contributed by atoms with E-state index in [4.69, 9.17) is 0 Å². The number of hydrogen-bond donors (Lipinski definition) is 2. The minimum atomic E-state index is -0.814. The average Bonchev–Trinajstić information content (AvgIpc) is 2.34. The van der Waals surface area contributed by atoms with E-state index in [2.05, 4.69) is 5.32 Å². The maximum absolute atomic E-state index is 13.0. The Morgan fingerprint density at radius 3 is 2.47 bits per heavy atom. The van der Waals surface area contributed by atoms with Crippen LogP contribution in [0.15, 0.2) is 48.5 Å². The molecule has 0 heterocycles. The summed E-state index contributed by atoms with van der Waals surface area (Å²) in [6.07, 6.45) is 0. The van der Waals surface area contributed by atoms with E-state index in [1.807, 2.05) is 6.07 Å². The molecule has 0 bridgehead atoms. The molecule has 0 saturated carbocycles. The predicted molar refractivity (Wildman–Crippen MR) is 62.5 cm³/mol. The van der Waals surface area contributed by atoms with Crippen molar-refractivity contribution in [2.45, 2.75) is 0 Å². The molecule has 17 heavy (non-hydrogen) atoms. The number of phenols is 1. The van der Waals surface area contributed by atoms with Gasteiger partial charge in [-0.25, -0.2) is 4.39 Å². The van der Waals surface area contributed by atoms with Crippen LogP contribution in [0.5, 0.6) is 5.75 Å². The van der Waals surface area contributed by atoms with Crippen LogP contribution in [-0.2, 0) is 0 Å². The molecule has 4 heteroatoms. The summed E-state index contributed by atoms with van der Waals surface area (Å²) in [6.45, 7) is 0. The zero-order chi connectivity index (χ0) is 12.3. The SMILES string of the molecule is O=C(Nc1ccccc1)c1cccc(F)c1O. The number of hydrogen-bond acceptors (Lipinski definition) is 2. The molecule has 1 amide bonds. The van der Waals surface area contributed by atoms with Crippen LogP contribution in [0.25, 0.3) is 0 Å². The van der Waals surface area contributed by atoms with Gasteiger partial charge in [0.2, 0.25) is 0 Å². The Labute approximate surface area is 97.5 Å². The van der Waals surface area contributed by atoms with Gasteiger partial charge in [-0.3, -0.25) is 4.79 Å². The Morgan fingerprint density at radius 1 is 1.06 bits per heavy atom. The fourth-order valence-corrected chi connectivity index (χ4v) is 1.42. The molecule has 0 aliphatic carbocycles. The monoisotopic (exact) mass is 231 g/mol. The number of carbonyl (C=O) groups is 1. The highest BCUT2D eigenvalue weighted by atomic mass is 19.1. The molecule has 0 radical (unpaired) electrons. The summed E-state index contributed by atoms with van der Waals surface area (Å²) in [4.78, 5) is 11.7. The fraction of sp³-hybridized carbons (Fsp3) is 0. The van der Waals surface area contributed by atoms with E-state index in [1.165, 1.54) is 12.1 Å². The summed E-state index contributed by atoms with van der Waals surface area (Å²) in [7, 11) is 0. The van der Waals surface area contributed by atoms with E-state index in [9.17, 15) is 14.3 Å². The zero-order valence-corrected chi connectivity index (χ0v) is 8.85. The van der Waals surface area contributed by atoms with Crippen molar-refractivity contribution in [2.24, 2.45) is 0 Å². The highest BCUT2D eigenvalue weighted by Gasteiger charge is 2.13. The third kappa shape index (κ3) is 2.42. The first-order valence-electron chi connectivity index (χ1n) is 5.02. The Hall–Kier alpha value is -2.36. The predicted octanol–water partition coefficient (Wildman–Crippen LogP) is 2.78. The summed E-state index contributed by atoms with van der Waals surface area (Å²) in [5.74, 6) is -2.00. The van der Waals surface area contributed by atoms with Crippen LogP contribution in [0, 0.1) is 5.82 Å². The molecule has 2 aromatic carbocycles. The fourth-order valence-electron chi connectivity index (χ4n) is 1.42. The van der Waals surface area contributed by atoms with Crippen molar-refractivity contribution in [3.63, 3.8) is 0 Å². The number of aromatic hydroxyl groups is 1. The smallest absolute Gasteiger partial charge is 0.259 e. The topological polar surface area (TPSA) is 49.3 Å². The molecule has 2 N–H and O–H groups in total. The van der Waals surface area contributed by atoms with Crippen LogP contribution >= 0.6 is 0 Å². The zero-order valence-electron chi connectivity index (χ0n) is 8.85. The van der Waals surface area contributed by atoms with Gasteiger partial charge in [0.15, 0.2) is 11.6 Å². The highest BCUT2D eigenvalue weighted by molar-refractivity contribution is 6.06. The summed E-state index contributed by atoms with van der Waals surface area (Å²) in [5.41, 5.74) is 0.495. The molecule has 0 aromatic heterocycles. The van der Waals surface area contributed by atoms with Gasteiger partial charge in [-0.2, -0.15) is 0 Å². The lowest BCUT2D eigenvalue weighted by Crippen LogP contribution is -2.12. The molecular formula is C13H10FNO2. The van der Waals surface area contributed by atoms with Gasteiger partial charge < -0.3 is 10.4 Å². The molecule has 86 valence electrons. The number of phenolic OH excluding ortho intramolecular Hbond substituents is 1. The van der Waals surface area contributed by atoms with E-state index in [0.717, 1.165) is 6.07 Å². The lowest BCUT2D eigenvalue weighted by atomic mass is 10.1. The van der Waals surface area contributed by atoms with Gasteiger partial charge >= 0.3 is 0 Å². The first-order valence-corrected chi connectivity index (χ1v) is 5.02. The first-order chi connectivity index (χ1) is 8.18. The van der Waals surface area contributed by atoms with Gasteiger partial charge in [0.25, 0.3) is 5.91 Å². The van der Waals surface area contributed by atoms with E-state index in [1.54, 1.807) is 24.3 Å². The number of carbonyl (C=O) groups excluding carboxylic acids is 1. The standard InChI is InChI=1S/C13H10FNO2/c14-11-8-4-7-10(12(11)16)13(17)15-9-5-2-1-3-6-9/h1-8,16H,(H,15,17). The Balaban J connectivity index is 2.24. The van der Waals surface area contributed by atoms with Gasteiger partial charge in [0.05, 0.1) is 5.56 Å². The molecule has 2 aromatic rings. The van der Waals surface area contributed by atoms with E-state index in [0.29, 0.717) is 5.69 Å². The van der Waals surface area contributed by atoms with Crippen molar-refractivity contribution in [3.8, 4) is 5.75 Å². The number of nitrogens with one attached hydrogen (secondary N) is 1. The van der Waals surface area contributed by atoms with Crippen molar-refractivity contribution in [3.05, 3.63) is 59.9 Å². The minimum absolute atomic E-state index is 0.0890. The van der Waals surface area contributed by atoms with Gasteiger partial charge in [-0.1, -0.05) is 24.3 Å². The largest absolute Gasteiger partial charge is 0.504 e.